The number of hydrogen-bond acceptors (Lipinski definition) is 7. The van der Waals surface area contributed by atoms with Gasteiger partial charge >= 0.3 is 0 Å². The van der Waals surface area contributed by atoms with Crippen LogP contribution in [0.2, 0.25) is 0 Å². The van der Waals surface area contributed by atoms with E-state index in [1.807, 2.05) is 0 Å². The summed E-state index contributed by atoms with van der Waals surface area (Å²) in [6.45, 7) is 1.87. The molecule has 0 aliphatic carbocycles. The van der Waals surface area contributed by atoms with Crippen LogP contribution in [0.1, 0.15) is 12.5 Å². The largest absolute Gasteiger partial charge is 0.480 e. The molecule has 1 heterocycles. The van der Waals surface area contributed by atoms with Crippen molar-refractivity contribution in [1.82, 2.24) is 4.98 Å². The first-order chi connectivity index (χ1) is 9.08. The third kappa shape index (κ3) is 2.71. The van der Waals surface area contributed by atoms with Gasteiger partial charge in [-0.3, -0.25) is 0 Å². The molecular formula is C12H9N5O2. The van der Waals surface area contributed by atoms with E-state index < -0.39 is 5.95 Å². The molecule has 0 aromatic carbocycles. The van der Waals surface area contributed by atoms with E-state index in [4.69, 9.17) is 26.3 Å². The van der Waals surface area contributed by atoms with Crippen LogP contribution in [0.4, 0.5) is 5.82 Å². The van der Waals surface area contributed by atoms with Crippen LogP contribution in [0.5, 0.6) is 0 Å². The van der Waals surface area contributed by atoms with Gasteiger partial charge in [-0.1, -0.05) is 0 Å². The maximum Gasteiger partial charge on any atom is 0.288 e. The fourth-order valence-electron chi connectivity index (χ4n) is 1.32. The predicted octanol–water partition coefficient (Wildman–Crippen LogP) is -0.606. The van der Waals surface area contributed by atoms with E-state index in [9.17, 15) is 5.11 Å². The van der Waals surface area contributed by atoms with Gasteiger partial charge in [0.05, 0.1) is 17.4 Å². The van der Waals surface area contributed by atoms with Gasteiger partial charge in [-0.2, -0.15) is 15.8 Å². The molecule has 7 nitrogen and oxygen atoms in total. The highest BCUT2D eigenvalue weighted by molar-refractivity contribution is 5.73. The third-order valence-electron chi connectivity index (χ3n) is 2.14. The number of aromatic nitrogens is 1. The van der Waals surface area contributed by atoms with Crippen molar-refractivity contribution < 1.29 is 9.84 Å². The van der Waals surface area contributed by atoms with Crippen LogP contribution in [-0.2, 0) is 4.74 Å². The average molecular weight is 255 g/mol. The molecule has 0 spiro atoms. The number of ether oxygens (including phenoxy) is 1. The second-order valence-corrected chi connectivity index (χ2v) is 3.27. The summed E-state index contributed by atoms with van der Waals surface area (Å²) in [5, 5.41) is 36.1. The molecule has 94 valence electrons. The zero-order chi connectivity index (χ0) is 14.4. The molecule has 0 saturated heterocycles. The number of hydrogen-bond donors (Lipinski definition) is 2. The number of pyridine rings is 1. The van der Waals surface area contributed by atoms with Gasteiger partial charge < -0.3 is 15.6 Å². The van der Waals surface area contributed by atoms with Crippen molar-refractivity contribution in [2.24, 2.45) is 0 Å². The molecule has 3 N–H and O–H groups in total. The summed E-state index contributed by atoms with van der Waals surface area (Å²) < 4.78 is 4.87. The number of aliphatic hydroxyl groups is 1. The molecule has 0 aliphatic heterocycles. The lowest BCUT2D eigenvalue weighted by Gasteiger charge is -2.03. The van der Waals surface area contributed by atoms with E-state index in [0.29, 0.717) is 0 Å². The molecule has 0 saturated carbocycles. The SMILES string of the molecule is CCO/C(O)=c1/cc(C#N)c(=C(C#N)C#N)nc1N. The lowest BCUT2D eigenvalue weighted by molar-refractivity contribution is 0.190. The van der Waals surface area contributed by atoms with Gasteiger partial charge in [-0.15, -0.1) is 0 Å². The molecule has 0 amide bonds. The average Bonchev–Trinajstić information content (AvgIpc) is 2.40. The minimum atomic E-state index is -0.467. The fourth-order valence-corrected chi connectivity index (χ4v) is 1.32. The van der Waals surface area contributed by atoms with Gasteiger partial charge in [-0.25, -0.2) is 4.98 Å². The second kappa shape index (κ2) is 5.90. The first-order valence-electron chi connectivity index (χ1n) is 5.16. The van der Waals surface area contributed by atoms with Gasteiger partial charge in [0, 0.05) is 0 Å². The fraction of sp³-hybridized carbons (Fsp3) is 0.167. The van der Waals surface area contributed by atoms with Gasteiger partial charge in [0.2, 0.25) is 0 Å². The number of nitrogen functional groups attached to an aromatic ring is 1. The summed E-state index contributed by atoms with van der Waals surface area (Å²) in [6.07, 6.45) is 0. The molecule has 0 radical (unpaired) electrons. The van der Waals surface area contributed by atoms with Crippen LogP contribution < -0.4 is 16.3 Å². The Balaban J connectivity index is 3.84. The Morgan fingerprint density at radius 3 is 2.53 bits per heavy atom. The maximum absolute atomic E-state index is 9.59. The van der Waals surface area contributed by atoms with E-state index in [1.54, 1.807) is 25.1 Å². The normalized spacial score (nSPS) is 10.6. The van der Waals surface area contributed by atoms with Crippen molar-refractivity contribution in [3.05, 3.63) is 22.2 Å². The Morgan fingerprint density at radius 2 is 2.05 bits per heavy atom. The number of rotatable bonds is 2. The molecule has 1 aromatic heterocycles. The Hall–Kier alpha value is -3.24. The third-order valence-corrected chi connectivity index (χ3v) is 2.14. The lowest BCUT2D eigenvalue weighted by atomic mass is 10.1. The highest BCUT2D eigenvalue weighted by atomic mass is 16.6. The highest BCUT2D eigenvalue weighted by Crippen LogP contribution is 1.96. The van der Waals surface area contributed by atoms with Crippen LogP contribution in [0.25, 0.3) is 11.5 Å². The van der Waals surface area contributed by atoms with Crippen LogP contribution in [0, 0.1) is 34.0 Å². The number of nitrogens with zero attached hydrogens (tertiary/aromatic N) is 4. The molecule has 0 atom stereocenters. The Kier molecular flexibility index (Phi) is 4.29. The standard InChI is InChI=1S/C12H9N5O2/c1-2-19-12(18)9-3-7(4-13)10(17-11(9)16)8(5-14)6-15/h3,18H,2H2,1H3,(H2,16,17)/b12-9-. The summed E-state index contributed by atoms with van der Waals surface area (Å²) in [4.78, 5) is 3.80. The van der Waals surface area contributed by atoms with Crippen molar-refractivity contribution in [2.75, 3.05) is 12.3 Å². The van der Waals surface area contributed by atoms with E-state index in [1.165, 1.54) is 6.07 Å². The topological polar surface area (TPSA) is 140 Å². The van der Waals surface area contributed by atoms with E-state index in [0.717, 1.165) is 0 Å². The Morgan fingerprint density at radius 1 is 1.42 bits per heavy atom. The quantitative estimate of drug-likeness (QED) is 0.718. The van der Waals surface area contributed by atoms with Gasteiger partial charge in [0.25, 0.3) is 5.95 Å². The van der Waals surface area contributed by atoms with Crippen LogP contribution in [-0.4, -0.2) is 16.7 Å². The molecule has 0 unspecified atom stereocenters. The molecule has 0 fully saturated rings. The van der Waals surface area contributed by atoms with Gasteiger partial charge in [0.15, 0.2) is 5.57 Å². The Bertz CT molecular complexity index is 731. The van der Waals surface area contributed by atoms with Crippen molar-refractivity contribution in [1.29, 1.82) is 15.8 Å². The van der Waals surface area contributed by atoms with Crippen LogP contribution in [0.3, 0.4) is 0 Å². The van der Waals surface area contributed by atoms with Gasteiger partial charge in [0.1, 0.15) is 29.4 Å². The zero-order valence-electron chi connectivity index (χ0n) is 10.0. The molecule has 1 aromatic rings. The summed E-state index contributed by atoms with van der Waals surface area (Å²) in [7, 11) is 0. The smallest absolute Gasteiger partial charge is 0.288 e. The monoisotopic (exact) mass is 255 g/mol. The molecule has 19 heavy (non-hydrogen) atoms. The minimum absolute atomic E-state index is 0.0392. The van der Waals surface area contributed by atoms with Crippen molar-refractivity contribution in [3.8, 4) is 18.2 Å². The molecular weight excluding hydrogens is 246 g/mol. The molecule has 0 bridgehead atoms. The van der Waals surface area contributed by atoms with Crippen LogP contribution in [0.15, 0.2) is 6.07 Å². The Labute approximate surface area is 108 Å². The number of aliphatic hydroxyl groups excluding tert-OH is 1. The zero-order valence-corrected chi connectivity index (χ0v) is 10.0. The van der Waals surface area contributed by atoms with Gasteiger partial charge in [-0.05, 0) is 13.0 Å². The maximum atomic E-state index is 9.59. The minimum Gasteiger partial charge on any atom is -0.480 e. The molecule has 0 aliphatic rings. The number of nitriles is 3. The lowest BCUT2D eigenvalue weighted by Crippen LogP contribution is -2.26. The summed E-state index contributed by atoms with van der Waals surface area (Å²) in [6, 6.07) is 6.27. The van der Waals surface area contributed by atoms with Crippen molar-refractivity contribution in [2.45, 2.75) is 6.92 Å². The van der Waals surface area contributed by atoms with Crippen molar-refractivity contribution in [3.63, 3.8) is 0 Å². The first kappa shape index (κ1) is 13.8. The highest BCUT2D eigenvalue weighted by Gasteiger charge is 2.08. The van der Waals surface area contributed by atoms with E-state index in [2.05, 4.69) is 4.98 Å². The molecule has 1 rings (SSSR count). The second-order valence-electron chi connectivity index (χ2n) is 3.27. The molecule has 7 heteroatoms. The van der Waals surface area contributed by atoms with Crippen molar-refractivity contribution >= 4 is 17.3 Å². The number of nitrogens with two attached hydrogens (primary N) is 1. The predicted molar refractivity (Wildman–Crippen MR) is 64.9 cm³/mol. The summed E-state index contributed by atoms with van der Waals surface area (Å²) in [5.41, 5.74) is 5.23. The van der Waals surface area contributed by atoms with E-state index in [-0.39, 0.29) is 34.1 Å². The van der Waals surface area contributed by atoms with Crippen LogP contribution >= 0.6 is 0 Å². The summed E-state index contributed by atoms with van der Waals surface area (Å²) >= 11 is 0. The van der Waals surface area contributed by atoms with E-state index >= 15 is 0 Å². The number of anilines is 1. The summed E-state index contributed by atoms with van der Waals surface area (Å²) in [5.74, 6) is -0.603. The first-order valence-corrected chi connectivity index (χ1v) is 5.16.